The third-order valence-electron chi connectivity index (χ3n) is 3.56. The van der Waals surface area contributed by atoms with E-state index in [9.17, 15) is 18.0 Å². The Kier molecular flexibility index (Phi) is 7.26. The van der Waals surface area contributed by atoms with E-state index in [1.54, 1.807) is 30.3 Å². The Morgan fingerprint density at radius 2 is 1.79 bits per heavy atom. The summed E-state index contributed by atoms with van der Waals surface area (Å²) in [5.74, 6) is -0.741. The van der Waals surface area contributed by atoms with Gasteiger partial charge in [0, 0.05) is 5.56 Å². The lowest BCUT2D eigenvalue weighted by atomic mass is 10.1. The number of hydrogen-bond acceptors (Lipinski definition) is 7. The summed E-state index contributed by atoms with van der Waals surface area (Å²) in [5.41, 5.74) is 0.286. The molecule has 0 amide bonds. The highest BCUT2D eigenvalue weighted by molar-refractivity contribution is 7.89. The minimum Gasteiger partial charge on any atom is -0.494 e. The quantitative estimate of drug-likeness (QED) is 0.500. The molecule has 2 aromatic rings. The molecule has 0 saturated heterocycles. The summed E-state index contributed by atoms with van der Waals surface area (Å²) in [6.07, 6.45) is 0. The minimum atomic E-state index is -4.07. The van der Waals surface area contributed by atoms with Crippen molar-refractivity contribution in [2.75, 3.05) is 19.8 Å². The highest BCUT2D eigenvalue weighted by Gasteiger charge is 2.20. The molecule has 1 N–H and O–H groups in total. The Labute approximate surface area is 162 Å². The molecule has 0 atom stereocenters. The van der Waals surface area contributed by atoms with Gasteiger partial charge in [0.1, 0.15) is 18.4 Å². The Hall–Kier alpha value is -3.22. The second-order valence-electron chi connectivity index (χ2n) is 5.47. The van der Waals surface area contributed by atoms with Crippen molar-refractivity contribution in [1.29, 1.82) is 5.26 Å². The van der Waals surface area contributed by atoms with Crippen molar-refractivity contribution in [3.63, 3.8) is 0 Å². The highest BCUT2D eigenvalue weighted by atomic mass is 32.2. The summed E-state index contributed by atoms with van der Waals surface area (Å²) >= 11 is 0. The molecule has 0 aliphatic rings. The molecule has 0 saturated carbocycles. The van der Waals surface area contributed by atoms with Crippen molar-refractivity contribution in [2.24, 2.45) is 0 Å². The summed E-state index contributed by atoms with van der Waals surface area (Å²) in [7, 11) is -4.07. The van der Waals surface area contributed by atoms with E-state index in [1.165, 1.54) is 24.3 Å². The lowest BCUT2D eigenvalue weighted by molar-refractivity contribution is -0.141. The molecule has 0 radical (unpaired) electrons. The molecule has 0 spiro atoms. The van der Waals surface area contributed by atoms with Crippen LogP contribution in [0.4, 0.5) is 0 Å². The molecule has 0 aromatic heterocycles. The van der Waals surface area contributed by atoms with Crippen LogP contribution < -0.4 is 9.46 Å². The van der Waals surface area contributed by atoms with Crippen LogP contribution in [0.5, 0.6) is 5.75 Å². The van der Waals surface area contributed by atoms with E-state index < -0.39 is 34.9 Å². The lowest BCUT2D eigenvalue weighted by Crippen LogP contribution is -2.32. The van der Waals surface area contributed by atoms with Crippen molar-refractivity contribution >= 4 is 21.8 Å². The summed E-state index contributed by atoms with van der Waals surface area (Å²) < 4.78 is 36.6. The number of nitrogens with one attached hydrogen (secondary N) is 1. The number of nitriles is 1. The van der Waals surface area contributed by atoms with Crippen LogP contribution in [0.3, 0.4) is 0 Å². The number of ether oxygens (including phenoxy) is 2. The molecule has 0 aliphatic heterocycles. The van der Waals surface area contributed by atoms with Crippen molar-refractivity contribution in [2.45, 2.75) is 11.8 Å². The number of Topliss-reactive ketones (excluding diaryl/α,β-unsaturated/α-hetero) is 1. The van der Waals surface area contributed by atoms with Gasteiger partial charge in [-0.05, 0) is 43.3 Å². The molecule has 28 heavy (non-hydrogen) atoms. The van der Waals surface area contributed by atoms with Crippen LogP contribution in [0.1, 0.15) is 22.8 Å². The molecule has 2 aromatic carbocycles. The van der Waals surface area contributed by atoms with Crippen LogP contribution in [-0.4, -0.2) is 39.9 Å². The van der Waals surface area contributed by atoms with Gasteiger partial charge in [0.15, 0.2) is 12.4 Å². The highest BCUT2D eigenvalue weighted by Crippen LogP contribution is 2.14. The number of carbonyl (C=O) groups excluding carboxylic acids is 2. The third-order valence-corrected chi connectivity index (χ3v) is 5.01. The first-order chi connectivity index (χ1) is 13.4. The number of ketones is 1. The first kappa shape index (κ1) is 21.1. The van der Waals surface area contributed by atoms with E-state index >= 15 is 0 Å². The number of carbonyl (C=O) groups is 2. The molecule has 0 unspecified atom stereocenters. The van der Waals surface area contributed by atoms with E-state index in [0.717, 1.165) is 0 Å². The predicted molar refractivity (Wildman–Crippen MR) is 99.2 cm³/mol. The van der Waals surface area contributed by atoms with E-state index in [0.29, 0.717) is 17.9 Å². The van der Waals surface area contributed by atoms with E-state index in [-0.39, 0.29) is 10.5 Å². The second kappa shape index (κ2) is 9.64. The minimum absolute atomic E-state index is 0.0472. The number of sulfonamides is 1. The Morgan fingerprint density at radius 1 is 1.11 bits per heavy atom. The van der Waals surface area contributed by atoms with Crippen LogP contribution in [0.2, 0.25) is 0 Å². The number of nitrogens with zero attached hydrogens (tertiary/aromatic N) is 1. The zero-order valence-electron chi connectivity index (χ0n) is 15.0. The van der Waals surface area contributed by atoms with Gasteiger partial charge >= 0.3 is 5.97 Å². The van der Waals surface area contributed by atoms with Crippen LogP contribution in [0.15, 0.2) is 53.4 Å². The van der Waals surface area contributed by atoms with E-state index in [1.807, 2.05) is 6.92 Å². The Bertz CT molecular complexity index is 994. The Morgan fingerprint density at radius 3 is 2.43 bits per heavy atom. The molecule has 0 heterocycles. The summed E-state index contributed by atoms with van der Waals surface area (Å²) in [6, 6.07) is 13.7. The zero-order valence-corrected chi connectivity index (χ0v) is 15.9. The fourth-order valence-electron chi connectivity index (χ4n) is 2.21. The molecule has 0 fully saturated rings. The second-order valence-corrected chi connectivity index (χ2v) is 7.21. The number of hydrogen-bond donors (Lipinski definition) is 1. The van der Waals surface area contributed by atoms with Crippen LogP contribution >= 0.6 is 0 Å². The fourth-order valence-corrected chi connectivity index (χ4v) is 3.33. The summed E-state index contributed by atoms with van der Waals surface area (Å²) in [5, 5.41) is 8.98. The first-order valence-electron chi connectivity index (χ1n) is 8.28. The molecule has 0 bridgehead atoms. The number of benzene rings is 2. The van der Waals surface area contributed by atoms with Gasteiger partial charge in [0.05, 0.1) is 17.1 Å². The fraction of sp³-hybridized carbons (Fsp3) is 0.211. The summed E-state index contributed by atoms with van der Waals surface area (Å²) in [6.45, 7) is 1.15. The molecule has 9 heteroatoms. The average Bonchev–Trinajstić information content (AvgIpc) is 2.71. The van der Waals surface area contributed by atoms with Gasteiger partial charge in [-0.2, -0.15) is 9.98 Å². The van der Waals surface area contributed by atoms with Gasteiger partial charge in [0.25, 0.3) is 0 Å². The molecule has 2 rings (SSSR count). The SMILES string of the molecule is CCOc1ccc(C(=O)COC(=O)CNS(=O)(=O)c2ccccc2C#N)cc1. The van der Waals surface area contributed by atoms with Gasteiger partial charge in [-0.1, -0.05) is 12.1 Å². The van der Waals surface area contributed by atoms with Gasteiger partial charge < -0.3 is 9.47 Å². The van der Waals surface area contributed by atoms with Crippen molar-refractivity contribution in [3.05, 3.63) is 59.7 Å². The molecule has 0 aliphatic carbocycles. The number of esters is 1. The average molecular weight is 402 g/mol. The smallest absolute Gasteiger partial charge is 0.321 e. The van der Waals surface area contributed by atoms with Gasteiger partial charge in [-0.3, -0.25) is 9.59 Å². The maximum absolute atomic E-state index is 12.2. The normalized spacial score (nSPS) is 10.7. The Balaban J connectivity index is 1.88. The van der Waals surface area contributed by atoms with Crippen LogP contribution in [-0.2, 0) is 19.6 Å². The molecular formula is C19H18N2O6S. The molecule has 146 valence electrons. The van der Waals surface area contributed by atoms with Crippen LogP contribution in [0.25, 0.3) is 0 Å². The van der Waals surface area contributed by atoms with Gasteiger partial charge in [0.2, 0.25) is 10.0 Å². The number of rotatable bonds is 9. The summed E-state index contributed by atoms with van der Waals surface area (Å²) in [4.78, 5) is 23.6. The maximum atomic E-state index is 12.2. The van der Waals surface area contributed by atoms with Gasteiger partial charge in [-0.25, -0.2) is 8.42 Å². The lowest BCUT2D eigenvalue weighted by Gasteiger charge is -2.08. The molecule has 8 nitrogen and oxygen atoms in total. The van der Waals surface area contributed by atoms with Crippen molar-refractivity contribution < 1.29 is 27.5 Å². The first-order valence-corrected chi connectivity index (χ1v) is 9.76. The van der Waals surface area contributed by atoms with E-state index in [2.05, 4.69) is 4.72 Å². The van der Waals surface area contributed by atoms with Gasteiger partial charge in [-0.15, -0.1) is 0 Å². The maximum Gasteiger partial charge on any atom is 0.321 e. The van der Waals surface area contributed by atoms with Crippen molar-refractivity contribution in [1.82, 2.24) is 4.72 Å². The van der Waals surface area contributed by atoms with Crippen molar-refractivity contribution in [3.8, 4) is 11.8 Å². The standard InChI is InChI=1S/C19H18N2O6S/c1-2-26-16-9-7-14(8-10-16)17(22)13-27-19(23)12-21-28(24,25)18-6-4-3-5-15(18)11-20/h3-10,21H,2,12-13H2,1H3. The third kappa shape index (κ3) is 5.64. The monoisotopic (exact) mass is 402 g/mol. The zero-order chi connectivity index (χ0) is 20.6. The van der Waals surface area contributed by atoms with E-state index in [4.69, 9.17) is 14.7 Å². The largest absolute Gasteiger partial charge is 0.494 e. The van der Waals surface area contributed by atoms with Crippen LogP contribution in [0, 0.1) is 11.3 Å². The molecular weight excluding hydrogens is 384 g/mol. The topological polar surface area (TPSA) is 123 Å². The predicted octanol–water partition coefficient (Wildman–Crippen LogP) is 1.66.